The minimum absolute atomic E-state index is 0.153. The lowest BCUT2D eigenvalue weighted by Crippen LogP contribution is -2.29. The second-order valence-electron chi connectivity index (χ2n) is 6.88. The fourth-order valence-electron chi connectivity index (χ4n) is 3.63. The molecule has 2 atom stereocenters. The van der Waals surface area contributed by atoms with Crippen LogP contribution in [0.4, 0.5) is 0 Å². The van der Waals surface area contributed by atoms with Crippen LogP contribution in [0, 0.1) is 11.8 Å². The lowest BCUT2D eigenvalue weighted by Gasteiger charge is -2.22. The predicted molar refractivity (Wildman–Crippen MR) is 104 cm³/mol. The van der Waals surface area contributed by atoms with Crippen LogP contribution in [0.3, 0.4) is 0 Å². The van der Waals surface area contributed by atoms with E-state index in [2.05, 4.69) is 59.1 Å². The first-order valence-electron chi connectivity index (χ1n) is 8.80. The van der Waals surface area contributed by atoms with Gasteiger partial charge in [-0.05, 0) is 42.7 Å². The Balaban J connectivity index is 1.98. The van der Waals surface area contributed by atoms with Crippen molar-refractivity contribution in [2.75, 3.05) is 27.2 Å². The normalized spacial score (nSPS) is 27.6. The maximum Gasteiger partial charge on any atom is 0.176 e. The molecule has 25 heavy (non-hydrogen) atoms. The van der Waals surface area contributed by atoms with Gasteiger partial charge in [0.2, 0.25) is 0 Å². The van der Waals surface area contributed by atoms with Gasteiger partial charge in [-0.25, -0.2) is 0 Å². The molecule has 0 saturated carbocycles. The second-order valence-corrected chi connectivity index (χ2v) is 6.88. The summed E-state index contributed by atoms with van der Waals surface area (Å²) in [5.74, 6) is 6.25. The number of hydrazone groups is 2. The molecule has 0 aromatic heterocycles. The first kappa shape index (κ1) is 17.4. The van der Waals surface area contributed by atoms with Crippen molar-refractivity contribution < 1.29 is 4.68 Å². The Hall–Kier alpha value is -2.40. The number of hydrogen-bond donors (Lipinski definition) is 2. The number of nitrogens with two attached hydrogens (primary N) is 1. The summed E-state index contributed by atoms with van der Waals surface area (Å²) in [7, 11) is 4.03. The molecule has 0 spiro atoms. The fourth-order valence-corrected chi connectivity index (χ4v) is 3.63. The molecule has 5 nitrogen and oxygen atoms in total. The molecule has 3 rings (SSSR count). The zero-order valence-electron chi connectivity index (χ0n) is 15.4. The molecule has 3 N–H and O–H groups in total. The van der Waals surface area contributed by atoms with Crippen molar-refractivity contribution in [2.24, 2.45) is 22.8 Å². The summed E-state index contributed by atoms with van der Waals surface area (Å²) in [6.07, 6.45) is 14.0. The van der Waals surface area contributed by atoms with E-state index >= 15 is 0 Å². The highest BCUT2D eigenvalue weighted by Crippen LogP contribution is 2.32. The van der Waals surface area contributed by atoms with E-state index in [1.54, 1.807) is 0 Å². The van der Waals surface area contributed by atoms with Gasteiger partial charge in [-0.15, -0.1) is 4.68 Å². The summed E-state index contributed by atoms with van der Waals surface area (Å²) in [4.78, 5) is 0. The highest BCUT2D eigenvalue weighted by Gasteiger charge is 2.28. The Morgan fingerprint density at radius 2 is 2.20 bits per heavy atom. The van der Waals surface area contributed by atoms with Crippen LogP contribution in [0.25, 0.3) is 0 Å². The quantitative estimate of drug-likeness (QED) is 0.350. The minimum atomic E-state index is 0.153. The summed E-state index contributed by atoms with van der Waals surface area (Å²) >= 11 is 0. The lowest BCUT2D eigenvalue weighted by atomic mass is 9.87. The van der Waals surface area contributed by atoms with E-state index in [4.69, 9.17) is 5.84 Å². The zero-order chi connectivity index (χ0) is 18.0. The molecule has 5 heteroatoms. The largest absolute Gasteiger partial charge is 0.323 e. The van der Waals surface area contributed by atoms with Crippen LogP contribution in [0.5, 0.6) is 0 Å². The number of allylic oxidation sites excluding steroid dienone is 6. The summed E-state index contributed by atoms with van der Waals surface area (Å²) in [6.45, 7) is 8.25. The van der Waals surface area contributed by atoms with Gasteiger partial charge in [-0.1, -0.05) is 30.9 Å². The van der Waals surface area contributed by atoms with Gasteiger partial charge < -0.3 is 11.2 Å². The fraction of sp³-hybridized carbons (Fsp3) is 0.400. The molecule has 0 bridgehead atoms. The van der Waals surface area contributed by atoms with Gasteiger partial charge >= 0.3 is 0 Å². The van der Waals surface area contributed by atoms with Crippen LogP contribution in [0.1, 0.15) is 13.3 Å². The Morgan fingerprint density at radius 3 is 2.96 bits per heavy atom. The second kappa shape index (κ2) is 7.23. The van der Waals surface area contributed by atoms with Gasteiger partial charge in [0.25, 0.3) is 0 Å². The van der Waals surface area contributed by atoms with Crippen molar-refractivity contribution in [1.29, 1.82) is 0 Å². The third kappa shape index (κ3) is 3.51. The maximum atomic E-state index is 5.85. The Bertz CT molecular complexity index is 748. The van der Waals surface area contributed by atoms with E-state index in [9.17, 15) is 0 Å². The van der Waals surface area contributed by atoms with Crippen LogP contribution < -0.4 is 11.2 Å². The van der Waals surface area contributed by atoms with E-state index in [0.29, 0.717) is 0 Å². The molecule has 0 amide bonds. The van der Waals surface area contributed by atoms with Crippen LogP contribution in [-0.2, 0) is 0 Å². The number of nitrogens with one attached hydrogen (secondary N) is 1. The molecule has 0 aromatic rings. The first-order valence-corrected chi connectivity index (χ1v) is 8.80. The Morgan fingerprint density at radius 1 is 1.40 bits per heavy atom. The van der Waals surface area contributed by atoms with Crippen molar-refractivity contribution in [2.45, 2.75) is 13.3 Å². The minimum Gasteiger partial charge on any atom is -0.323 e. The van der Waals surface area contributed by atoms with Gasteiger partial charge in [-0.2, -0.15) is 10.1 Å². The van der Waals surface area contributed by atoms with Gasteiger partial charge in [0.1, 0.15) is 0 Å². The number of nitrogens with zero attached hydrogens (tertiary/aromatic N) is 3. The zero-order valence-corrected chi connectivity index (χ0v) is 15.4. The van der Waals surface area contributed by atoms with E-state index < -0.39 is 0 Å². The molecule has 3 aliphatic rings. The van der Waals surface area contributed by atoms with Crippen molar-refractivity contribution >= 4 is 11.9 Å². The maximum absolute atomic E-state index is 5.85. The monoisotopic (exact) mass is 338 g/mol. The summed E-state index contributed by atoms with van der Waals surface area (Å²) in [5, 5.41) is 9.68. The van der Waals surface area contributed by atoms with Gasteiger partial charge in [-0.3, -0.25) is 0 Å². The molecule has 2 heterocycles. The third-order valence-electron chi connectivity index (χ3n) is 5.13. The van der Waals surface area contributed by atoms with Crippen LogP contribution in [0.2, 0.25) is 0 Å². The van der Waals surface area contributed by atoms with E-state index in [-0.39, 0.29) is 11.8 Å². The van der Waals surface area contributed by atoms with Gasteiger partial charge in [0.05, 0.1) is 24.4 Å². The average Bonchev–Trinajstić information content (AvgIpc) is 3.03. The average molecular weight is 338 g/mol. The number of likely N-dealkylation sites (N-methyl/N-ethyl adjacent to an activating group) is 1. The molecule has 0 saturated heterocycles. The molecular formula is C20H28N5+. The van der Waals surface area contributed by atoms with Crippen LogP contribution >= 0.6 is 0 Å². The van der Waals surface area contributed by atoms with E-state index in [1.165, 1.54) is 11.1 Å². The highest BCUT2D eigenvalue weighted by atomic mass is 15.5. The SMILES string of the molecule is C=C1C=CC(C(=NN)C2C=CC3=C2CNCC3)=CC(C)C=[N+](C)N1C. The molecular weight excluding hydrogens is 310 g/mol. The summed E-state index contributed by atoms with van der Waals surface area (Å²) in [5.41, 5.74) is 5.72. The number of rotatable bonds is 2. The van der Waals surface area contributed by atoms with Gasteiger partial charge in [0.15, 0.2) is 13.3 Å². The first-order chi connectivity index (χ1) is 12.0. The topological polar surface area (TPSA) is 56.7 Å². The molecule has 2 aliphatic heterocycles. The van der Waals surface area contributed by atoms with Crippen molar-refractivity contribution in [3.63, 3.8) is 0 Å². The summed E-state index contributed by atoms with van der Waals surface area (Å²) in [6, 6.07) is 0. The van der Waals surface area contributed by atoms with E-state index in [1.807, 2.05) is 25.2 Å². The summed E-state index contributed by atoms with van der Waals surface area (Å²) < 4.78 is 2.05. The standard InChI is InChI=1S/C20H28N5/c1-14-11-17(6-5-15(2)25(4)24(3)13-14)20(23-21)18-8-7-16-9-10-22-12-19(16)18/h5-8,11,13-14,18,22H,2,9-10,12,21H2,1,3-4H3/q+1. The number of hydrazine groups is 1. The van der Waals surface area contributed by atoms with Crippen LogP contribution in [-0.4, -0.2) is 48.8 Å². The highest BCUT2D eigenvalue weighted by molar-refractivity contribution is 6.07. The Labute approximate surface area is 150 Å². The Kier molecular flexibility index (Phi) is 5.04. The smallest absolute Gasteiger partial charge is 0.176 e. The molecule has 2 unspecified atom stereocenters. The van der Waals surface area contributed by atoms with Gasteiger partial charge in [0, 0.05) is 12.5 Å². The lowest BCUT2D eigenvalue weighted by molar-refractivity contribution is -0.647. The van der Waals surface area contributed by atoms with Crippen molar-refractivity contribution in [1.82, 2.24) is 10.3 Å². The number of hydrogen-bond acceptors (Lipinski definition) is 4. The molecule has 0 fully saturated rings. The van der Waals surface area contributed by atoms with E-state index in [0.717, 1.165) is 36.5 Å². The predicted octanol–water partition coefficient (Wildman–Crippen LogP) is 1.98. The van der Waals surface area contributed by atoms with Crippen molar-refractivity contribution in [3.05, 3.63) is 59.4 Å². The molecule has 0 radical (unpaired) electrons. The third-order valence-corrected chi connectivity index (χ3v) is 5.13. The molecule has 132 valence electrons. The van der Waals surface area contributed by atoms with Crippen LogP contribution in [0.15, 0.2) is 64.5 Å². The molecule has 0 aromatic carbocycles. The molecule has 1 aliphatic carbocycles. The van der Waals surface area contributed by atoms with Crippen molar-refractivity contribution in [3.8, 4) is 0 Å².